The fourth-order valence-electron chi connectivity index (χ4n) is 2.75. The number of nitroso groups, excluding NO2 is 1. The van der Waals surface area contributed by atoms with Crippen molar-refractivity contribution < 1.29 is 4.76 Å². The third-order valence-corrected chi connectivity index (χ3v) is 4.43. The first-order valence-electron chi connectivity index (χ1n) is 6.71. The van der Waals surface area contributed by atoms with E-state index in [1.54, 1.807) is 29.1 Å². The Morgan fingerprint density at radius 2 is 2.00 bits per heavy atom. The molecule has 6 nitrogen and oxygen atoms in total. The van der Waals surface area contributed by atoms with Crippen LogP contribution in [0.25, 0.3) is 0 Å². The number of aliphatic imine (C=N–C) groups is 2. The van der Waals surface area contributed by atoms with E-state index in [0.29, 0.717) is 34.7 Å². The average molecular weight is 335 g/mol. The molecule has 0 N–H and O–H groups in total. The van der Waals surface area contributed by atoms with Gasteiger partial charge in [0.15, 0.2) is 0 Å². The van der Waals surface area contributed by atoms with Crippen molar-refractivity contribution in [1.82, 2.24) is 9.55 Å². The molecule has 0 radical (unpaired) electrons. The molecule has 0 amide bonds. The molecule has 1 aromatic heterocycles. The highest BCUT2D eigenvalue weighted by Gasteiger charge is 2.43. The molecule has 0 saturated carbocycles. The van der Waals surface area contributed by atoms with Gasteiger partial charge >= 0.3 is 5.95 Å². The second kappa shape index (κ2) is 5.00. The van der Waals surface area contributed by atoms with Crippen LogP contribution in [0.4, 0.5) is 5.95 Å². The lowest BCUT2D eigenvalue weighted by Crippen LogP contribution is -2.41. The Morgan fingerprint density at radius 1 is 1.18 bits per heavy atom. The quantitative estimate of drug-likeness (QED) is 0.752. The fraction of sp³-hybridized carbons (Fsp3) is 0.214. The van der Waals surface area contributed by atoms with Crippen LogP contribution in [0.5, 0.6) is 0 Å². The van der Waals surface area contributed by atoms with Gasteiger partial charge in [-0.05, 0) is 17.7 Å². The van der Waals surface area contributed by atoms with Crippen molar-refractivity contribution in [3.63, 3.8) is 0 Å². The Labute approximate surface area is 135 Å². The van der Waals surface area contributed by atoms with Crippen molar-refractivity contribution in [2.24, 2.45) is 9.98 Å². The molecule has 110 valence electrons. The summed E-state index contributed by atoms with van der Waals surface area (Å²) in [5, 5.41) is 0.942. The number of rotatable bonds is 1. The smallest absolute Gasteiger partial charge is 0.277 e. The summed E-state index contributed by atoms with van der Waals surface area (Å²) in [7, 11) is 0. The van der Waals surface area contributed by atoms with E-state index in [-0.39, 0.29) is 12.0 Å². The Bertz CT molecular complexity index is 855. The molecule has 1 unspecified atom stereocenters. The minimum Gasteiger partial charge on any atom is -0.277 e. The number of aromatic nitrogens is 2. The summed E-state index contributed by atoms with van der Waals surface area (Å²) in [5.74, 6) is 0.608. The highest BCUT2D eigenvalue weighted by atomic mass is 35.5. The van der Waals surface area contributed by atoms with Crippen LogP contribution in [0, 0.1) is 4.91 Å². The zero-order valence-corrected chi connectivity index (χ0v) is 12.8. The van der Waals surface area contributed by atoms with Crippen molar-refractivity contribution in [3.8, 4) is 0 Å². The normalized spacial score (nSPS) is 20.1. The molecular weight excluding hydrogens is 325 g/mol. The van der Waals surface area contributed by atoms with Gasteiger partial charge in [0.05, 0.1) is 22.8 Å². The predicted octanol–water partition coefficient (Wildman–Crippen LogP) is 3.06. The Kier molecular flexibility index (Phi) is 3.09. The number of fused-ring (bicyclic) bond motifs is 2. The zero-order valence-electron chi connectivity index (χ0n) is 11.3. The molecule has 0 aliphatic carbocycles. The van der Waals surface area contributed by atoms with Gasteiger partial charge in [-0.2, -0.15) is 4.99 Å². The van der Waals surface area contributed by atoms with Crippen LogP contribution < -0.4 is 0 Å². The van der Waals surface area contributed by atoms with Crippen LogP contribution in [-0.4, -0.2) is 38.9 Å². The first kappa shape index (κ1) is 13.6. The van der Waals surface area contributed by atoms with Gasteiger partial charge in [0.25, 0.3) is 5.84 Å². The molecular formula is C14H10Cl2N5O+. The monoisotopic (exact) mass is 334 g/mol. The standard InChI is InChI=1S/C14H10Cl2N5O/c15-9-2-1-8(7-10(9)16)12-11-13(18-4-3-17-11)21(22)14-19-5-6-20(12)14/h1-2,5-7,12H,3-4H2/q+1. The van der Waals surface area contributed by atoms with Gasteiger partial charge in [0, 0.05) is 4.76 Å². The maximum absolute atomic E-state index is 12.4. The number of amidine groups is 1. The zero-order chi connectivity index (χ0) is 15.3. The summed E-state index contributed by atoms with van der Waals surface area (Å²) in [5.41, 5.74) is 1.51. The average Bonchev–Trinajstić information content (AvgIpc) is 3.00. The number of hydrogen-bond donors (Lipinski definition) is 0. The first-order valence-corrected chi connectivity index (χ1v) is 7.46. The minimum atomic E-state index is -0.281. The highest BCUT2D eigenvalue weighted by Crippen LogP contribution is 2.34. The molecule has 2 aliphatic rings. The number of halogens is 2. The van der Waals surface area contributed by atoms with E-state index in [0.717, 1.165) is 10.3 Å². The van der Waals surface area contributed by atoms with E-state index >= 15 is 0 Å². The van der Waals surface area contributed by atoms with Crippen LogP contribution >= 0.6 is 23.2 Å². The SMILES string of the molecule is O=[N+]1C2=NCCN=C2C(c2ccc(Cl)c(Cl)c2)n2ccnc21. The van der Waals surface area contributed by atoms with Crippen LogP contribution in [0.2, 0.25) is 10.0 Å². The molecule has 0 bridgehead atoms. The lowest BCUT2D eigenvalue weighted by molar-refractivity contribution is -0.344. The van der Waals surface area contributed by atoms with E-state index in [2.05, 4.69) is 15.0 Å². The molecule has 1 atom stereocenters. The summed E-state index contributed by atoms with van der Waals surface area (Å²) in [6, 6.07) is 5.11. The van der Waals surface area contributed by atoms with Gasteiger partial charge in [0.2, 0.25) is 0 Å². The van der Waals surface area contributed by atoms with Crippen molar-refractivity contribution in [1.29, 1.82) is 0 Å². The molecule has 22 heavy (non-hydrogen) atoms. The lowest BCUT2D eigenvalue weighted by Gasteiger charge is -2.24. The van der Waals surface area contributed by atoms with E-state index in [1.807, 2.05) is 6.07 Å². The maximum Gasteiger partial charge on any atom is 0.396 e. The van der Waals surface area contributed by atoms with E-state index in [1.165, 1.54) is 0 Å². The van der Waals surface area contributed by atoms with Crippen molar-refractivity contribution >= 4 is 40.7 Å². The highest BCUT2D eigenvalue weighted by molar-refractivity contribution is 6.43. The van der Waals surface area contributed by atoms with Crippen LogP contribution in [0.3, 0.4) is 0 Å². The topological polar surface area (TPSA) is 62.6 Å². The van der Waals surface area contributed by atoms with Crippen LogP contribution in [0.1, 0.15) is 11.6 Å². The number of imidazole rings is 1. The maximum atomic E-state index is 12.4. The molecule has 2 aromatic rings. The number of nitrogens with zero attached hydrogens (tertiary/aromatic N) is 5. The lowest BCUT2D eigenvalue weighted by atomic mass is 9.98. The molecule has 2 aliphatic heterocycles. The predicted molar refractivity (Wildman–Crippen MR) is 84.7 cm³/mol. The van der Waals surface area contributed by atoms with Gasteiger partial charge in [0.1, 0.15) is 24.5 Å². The molecule has 1 aromatic carbocycles. The van der Waals surface area contributed by atoms with Gasteiger partial charge in [-0.25, -0.2) is 4.57 Å². The second-order valence-corrected chi connectivity index (χ2v) is 5.79. The van der Waals surface area contributed by atoms with E-state index in [9.17, 15) is 4.91 Å². The molecule has 3 heterocycles. The van der Waals surface area contributed by atoms with Crippen LogP contribution in [-0.2, 0) is 0 Å². The van der Waals surface area contributed by atoms with E-state index in [4.69, 9.17) is 23.2 Å². The van der Waals surface area contributed by atoms with Crippen molar-refractivity contribution in [2.45, 2.75) is 6.04 Å². The third kappa shape index (κ3) is 1.91. The van der Waals surface area contributed by atoms with Crippen LogP contribution in [0.15, 0.2) is 40.6 Å². The molecule has 0 spiro atoms. The van der Waals surface area contributed by atoms with Crippen molar-refractivity contribution in [3.05, 3.63) is 51.1 Å². The molecule has 0 fully saturated rings. The summed E-state index contributed by atoms with van der Waals surface area (Å²) >= 11 is 12.1. The fourth-order valence-corrected chi connectivity index (χ4v) is 3.05. The molecule has 4 rings (SSSR count). The summed E-state index contributed by atoms with van der Waals surface area (Å²) in [6.45, 7) is 1.07. The second-order valence-electron chi connectivity index (χ2n) is 4.98. The molecule has 0 saturated heterocycles. The van der Waals surface area contributed by atoms with E-state index < -0.39 is 0 Å². The van der Waals surface area contributed by atoms with Crippen molar-refractivity contribution in [2.75, 3.05) is 13.1 Å². The Balaban J connectivity index is 1.95. The Hall–Kier alpha value is -2.05. The largest absolute Gasteiger partial charge is 0.396 e. The summed E-state index contributed by atoms with van der Waals surface area (Å²) in [4.78, 5) is 25.3. The third-order valence-electron chi connectivity index (χ3n) is 3.69. The minimum absolute atomic E-state index is 0.281. The summed E-state index contributed by atoms with van der Waals surface area (Å²) in [6.07, 6.45) is 3.34. The Morgan fingerprint density at radius 3 is 2.82 bits per heavy atom. The van der Waals surface area contributed by atoms with Gasteiger partial charge < -0.3 is 0 Å². The van der Waals surface area contributed by atoms with Gasteiger partial charge in [-0.1, -0.05) is 29.3 Å². The van der Waals surface area contributed by atoms with Gasteiger partial charge in [-0.3, -0.25) is 4.99 Å². The number of hydrogen-bond acceptors (Lipinski definition) is 4. The summed E-state index contributed by atoms with van der Waals surface area (Å²) < 4.78 is 2.50. The molecule has 8 heteroatoms. The first-order chi connectivity index (χ1) is 10.7. The van der Waals surface area contributed by atoms with Gasteiger partial charge in [-0.15, -0.1) is 9.89 Å². The number of benzene rings is 1.